The van der Waals surface area contributed by atoms with Gasteiger partial charge in [-0.05, 0) is 24.5 Å². The molecule has 0 saturated heterocycles. The minimum Gasteiger partial charge on any atom is -0.368 e. The van der Waals surface area contributed by atoms with Gasteiger partial charge in [0.25, 0.3) is 0 Å². The monoisotopic (exact) mass is 202 g/mol. The van der Waals surface area contributed by atoms with Gasteiger partial charge in [-0.25, -0.2) is 0 Å². The van der Waals surface area contributed by atoms with Gasteiger partial charge in [0, 0.05) is 5.25 Å². The van der Waals surface area contributed by atoms with Crippen LogP contribution in [0.25, 0.3) is 0 Å². The maximum atomic E-state index is 11.0. The third-order valence-electron chi connectivity index (χ3n) is 2.46. The molecule has 1 fully saturated rings. The summed E-state index contributed by atoms with van der Waals surface area (Å²) in [6.45, 7) is 4.32. The summed E-state index contributed by atoms with van der Waals surface area (Å²) in [4.78, 5) is 11.0. The average molecular weight is 202 g/mol. The second-order valence-electron chi connectivity index (χ2n) is 4.07. The van der Waals surface area contributed by atoms with Crippen molar-refractivity contribution in [1.82, 2.24) is 0 Å². The summed E-state index contributed by atoms with van der Waals surface area (Å²) in [6.07, 6.45) is 2.50. The van der Waals surface area contributed by atoms with E-state index >= 15 is 0 Å². The highest BCUT2D eigenvalue weighted by Gasteiger charge is 2.40. The molecule has 0 radical (unpaired) electrons. The predicted octanol–water partition coefficient (Wildman–Crippen LogP) is 0.863. The van der Waals surface area contributed by atoms with Gasteiger partial charge in [-0.1, -0.05) is 13.8 Å². The van der Waals surface area contributed by atoms with Crippen molar-refractivity contribution in [2.45, 2.75) is 49.1 Å². The first-order chi connectivity index (χ1) is 5.94. The largest absolute Gasteiger partial charge is 0.368 e. The highest BCUT2D eigenvalue weighted by Crippen LogP contribution is 2.36. The number of hydrogen-bond acceptors (Lipinski definition) is 3. The fourth-order valence-electron chi connectivity index (χ4n) is 1.75. The van der Waals surface area contributed by atoms with Crippen molar-refractivity contribution in [2.75, 3.05) is 0 Å². The number of amides is 1. The smallest absolute Gasteiger partial charge is 0.237 e. The van der Waals surface area contributed by atoms with Crippen LogP contribution in [0.5, 0.6) is 0 Å². The van der Waals surface area contributed by atoms with Gasteiger partial charge in [-0.3, -0.25) is 4.79 Å². The molecule has 1 rings (SSSR count). The number of thioether (sulfide) groups is 1. The van der Waals surface area contributed by atoms with Crippen LogP contribution in [0, 0.1) is 0 Å². The molecule has 3 nitrogen and oxygen atoms in total. The molecule has 2 atom stereocenters. The standard InChI is InChI=1S/C9H18N2OS/c1-6(2)13-7-3-4-9(11,5-7)8(10)12/h6-7H,3-5,11H2,1-2H3,(H2,10,12). The summed E-state index contributed by atoms with van der Waals surface area (Å²) in [5.41, 5.74) is 10.4. The van der Waals surface area contributed by atoms with Crippen molar-refractivity contribution in [2.24, 2.45) is 11.5 Å². The van der Waals surface area contributed by atoms with E-state index in [-0.39, 0.29) is 5.91 Å². The molecule has 1 aliphatic rings. The van der Waals surface area contributed by atoms with Crippen molar-refractivity contribution in [3.8, 4) is 0 Å². The maximum absolute atomic E-state index is 11.0. The lowest BCUT2D eigenvalue weighted by Gasteiger charge is -2.19. The van der Waals surface area contributed by atoms with Gasteiger partial charge in [0.15, 0.2) is 0 Å². The van der Waals surface area contributed by atoms with E-state index in [1.54, 1.807) is 0 Å². The van der Waals surface area contributed by atoms with Gasteiger partial charge in [-0.2, -0.15) is 11.8 Å². The maximum Gasteiger partial charge on any atom is 0.237 e. The molecule has 0 bridgehead atoms. The van der Waals surface area contributed by atoms with E-state index in [1.165, 1.54) is 0 Å². The molecule has 0 spiro atoms. The summed E-state index contributed by atoms with van der Waals surface area (Å²) in [5, 5.41) is 1.11. The van der Waals surface area contributed by atoms with Gasteiger partial charge in [-0.15, -0.1) is 0 Å². The topological polar surface area (TPSA) is 69.1 Å². The van der Waals surface area contributed by atoms with E-state index < -0.39 is 5.54 Å². The van der Waals surface area contributed by atoms with Crippen molar-refractivity contribution >= 4 is 17.7 Å². The van der Waals surface area contributed by atoms with Gasteiger partial charge in [0.05, 0.1) is 5.54 Å². The van der Waals surface area contributed by atoms with Crippen LogP contribution < -0.4 is 11.5 Å². The molecule has 0 aromatic carbocycles. The summed E-state index contributed by atoms with van der Waals surface area (Å²) in [5.74, 6) is -0.348. The molecule has 1 saturated carbocycles. The Labute approximate surface area is 83.6 Å². The van der Waals surface area contributed by atoms with Crippen LogP contribution in [0.2, 0.25) is 0 Å². The summed E-state index contributed by atoms with van der Waals surface area (Å²) < 4.78 is 0. The van der Waals surface area contributed by atoms with Crippen LogP contribution in [0.3, 0.4) is 0 Å². The lowest BCUT2D eigenvalue weighted by atomic mass is 9.99. The fraction of sp³-hybridized carbons (Fsp3) is 0.889. The highest BCUT2D eigenvalue weighted by molar-refractivity contribution is 8.00. The normalized spacial score (nSPS) is 34.0. The fourth-order valence-corrected chi connectivity index (χ4v) is 3.17. The molecule has 76 valence electrons. The molecule has 1 amide bonds. The Bertz CT molecular complexity index is 208. The summed E-state index contributed by atoms with van der Waals surface area (Å²) >= 11 is 1.89. The molecule has 0 aliphatic heterocycles. The number of primary amides is 1. The van der Waals surface area contributed by atoms with Crippen LogP contribution in [-0.2, 0) is 4.79 Å². The zero-order chi connectivity index (χ0) is 10.1. The van der Waals surface area contributed by atoms with Gasteiger partial charge < -0.3 is 11.5 Å². The molecule has 0 heterocycles. The number of rotatable bonds is 3. The Morgan fingerprint density at radius 1 is 1.62 bits per heavy atom. The number of carbonyl (C=O) groups excluding carboxylic acids is 1. The Morgan fingerprint density at radius 3 is 2.62 bits per heavy atom. The highest BCUT2D eigenvalue weighted by atomic mass is 32.2. The molecule has 4 heteroatoms. The molecule has 0 aromatic rings. The third kappa shape index (κ3) is 2.61. The lowest BCUT2D eigenvalue weighted by Crippen LogP contribution is -2.50. The Balaban J connectivity index is 2.48. The van der Waals surface area contributed by atoms with Crippen molar-refractivity contribution < 1.29 is 4.79 Å². The van der Waals surface area contributed by atoms with Crippen molar-refractivity contribution in [1.29, 1.82) is 0 Å². The van der Waals surface area contributed by atoms with E-state index in [1.807, 2.05) is 11.8 Å². The summed E-state index contributed by atoms with van der Waals surface area (Å²) in [7, 11) is 0. The van der Waals surface area contributed by atoms with Gasteiger partial charge >= 0.3 is 0 Å². The zero-order valence-electron chi connectivity index (χ0n) is 8.25. The van der Waals surface area contributed by atoms with Crippen LogP contribution in [0.15, 0.2) is 0 Å². The van der Waals surface area contributed by atoms with Crippen molar-refractivity contribution in [3.63, 3.8) is 0 Å². The Kier molecular flexibility index (Phi) is 3.24. The number of carbonyl (C=O) groups is 1. The third-order valence-corrected chi connectivity index (χ3v) is 3.79. The minimum absolute atomic E-state index is 0.348. The SMILES string of the molecule is CC(C)SC1CCC(N)(C(N)=O)C1. The van der Waals surface area contributed by atoms with E-state index in [4.69, 9.17) is 11.5 Å². The Hall–Kier alpha value is -0.220. The van der Waals surface area contributed by atoms with E-state index in [0.717, 1.165) is 19.3 Å². The van der Waals surface area contributed by atoms with Gasteiger partial charge in [0.2, 0.25) is 5.91 Å². The molecular formula is C9H18N2OS. The van der Waals surface area contributed by atoms with Gasteiger partial charge in [0.1, 0.15) is 0 Å². The first-order valence-corrected chi connectivity index (χ1v) is 5.62. The second kappa shape index (κ2) is 3.88. The van der Waals surface area contributed by atoms with E-state index in [9.17, 15) is 4.79 Å². The van der Waals surface area contributed by atoms with E-state index in [2.05, 4.69) is 13.8 Å². The molecule has 0 aromatic heterocycles. The van der Waals surface area contributed by atoms with Crippen LogP contribution >= 0.6 is 11.8 Å². The quantitative estimate of drug-likeness (QED) is 0.713. The molecule has 13 heavy (non-hydrogen) atoms. The Morgan fingerprint density at radius 2 is 2.23 bits per heavy atom. The van der Waals surface area contributed by atoms with Crippen molar-refractivity contribution in [3.05, 3.63) is 0 Å². The number of nitrogens with two attached hydrogens (primary N) is 2. The minimum atomic E-state index is -0.730. The predicted molar refractivity (Wildman–Crippen MR) is 56.5 cm³/mol. The van der Waals surface area contributed by atoms with E-state index in [0.29, 0.717) is 10.5 Å². The molecule has 4 N–H and O–H groups in total. The molecule has 2 unspecified atom stereocenters. The molecular weight excluding hydrogens is 184 g/mol. The first-order valence-electron chi connectivity index (χ1n) is 4.68. The van der Waals surface area contributed by atoms with Crippen LogP contribution in [-0.4, -0.2) is 21.9 Å². The lowest BCUT2D eigenvalue weighted by molar-refractivity contribution is -0.122. The number of hydrogen-bond donors (Lipinski definition) is 2. The zero-order valence-corrected chi connectivity index (χ0v) is 9.06. The van der Waals surface area contributed by atoms with Crippen LogP contribution in [0.1, 0.15) is 33.1 Å². The second-order valence-corrected chi connectivity index (χ2v) is 5.95. The molecule has 1 aliphatic carbocycles. The first kappa shape index (κ1) is 10.9. The average Bonchev–Trinajstić information content (AvgIpc) is 2.32. The van der Waals surface area contributed by atoms with Crippen LogP contribution in [0.4, 0.5) is 0 Å². The summed E-state index contributed by atoms with van der Waals surface area (Å²) in [6, 6.07) is 0.